The molecule has 2 aromatic heterocycles. The largest absolute Gasteiger partial charge is 0.457 e. The lowest BCUT2D eigenvalue weighted by atomic mass is 9.89. The van der Waals surface area contributed by atoms with Gasteiger partial charge in [0.25, 0.3) is 0 Å². The summed E-state index contributed by atoms with van der Waals surface area (Å²) in [5.41, 5.74) is 10.6. The summed E-state index contributed by atoms with van der Waals surface area (Å²) in [7, 11) is 2.22. The van der Waals surface area contributed by atoms with Crippen LogP contribution in [0.25, 0.3) is 22.2 Å². The van der Waals surface area contributed by atoms with Crippen molar-refractivity contribution in [3.8, 4) is 22.6 Å². The molecule has 0 atom stereocenters. The number of ether oxygens (including phenoxy) is 1. The van der Waals surface area contributed by atoms with E-state index < -0.39 is 0 Å². The van der Waals surface area contributed by atoms with Crippen molar-refractivity contribution in [1.29, 1.82) is 0 Å². The highest BCUT2D eigenvalue weighted by Crippen LogP contribution is 2.40. The van der Waals surface area contributed by atoms with Crippen LogP contribution in [0, 0.1) is 6.92 Å². The molecule has 1 aliphatic carbocycles. The molecule has 0 spiro atoms. The van der Waals surface area contributed by atoms with Crippen LogP contribution in [0.4, 0.5) is 5.82 Å². The third-order valence-corrected chi connectivity index (χ3v) is 8.21. The number of aryl methyl sites for hydroxylation is 1. The molecule has 7 nitrogen and oxygen atoms in total. The molecule has 7 heteroatoms. The highest BCUT2D eigenvalue weighted by molar-refractivity contribution is 6.00. The first kappa shape index (κ1) is 23.9. The van der Waals surface area contributed by atoms with Crippen LogP contribution in [0.15, 0.2) is 61.1 Å². The van der Waals surface area contributed by atoms with Gasteiger partial charge in [0.1, 0.15) is 29.3 Å². The van der Waals surface area contributed by atoms with Crippen LogP contribution < -0.4 is 10.5 Å². The molecule has 0 unspecified atom stereocenters. The number of fused-ring (bicyclic) bond motifs is 1. The molecule has 0 radical (unpaired) electrons. The minimum atomic E-state index is 0.427. The van der Waals surface area contributed by atoms with E-state index in [4.69, 9.17) is 15.5 Å². The molecule has 1 saturated carbocycles. The van der Waals surface area contributed by atoms with Crippen molar-refractivity contribution in [2.75, 3.05) is 39.0 Å². The molecule has 2 aliphatic rings. The first-order valence-corrected chi connectivity index (χ1v) is 13.4. The first-order chi connectivity index (χ1) is 18.1. The Labute approximate surface area is 218 Å². The summed E-state index contributed by atoms with van der Waals surface area (Å²) in [6.45, 7) is 6.82. The van der Waals surface area contributed by atoms with Crippen molar-refractivity contribution >= 4 is 16.9 Å². The lowest BCUT2D eigenvalue weighted by molar-refractivity contribution is 0.0828. The molecule has 192 valence electrons. The minimum Gasteiger partial charge on any atom is -0.457 e. The average Bonchev–Trinajstić information content (AvgIpc) is 3.32. The van der Waals surface area contributed by atoms with E-state index in [1.807, 2.05) is 36.4 Å². The van der Waals surface area contributed by atoms with Gasteiger partial charge >= 0.3 is 0 Å². The van der Waals surface area contributed by atoms with Gasteiger partial charge in [-0.15, -0.1) is 0 Å². The number of nitrogens with two attached hydrogens (primary N) is 1. The average molecular weight is 497 g/mol. The van der Waals surface area contributed by atoms with Crippen LogP contribution in [0.2, 0.25) is 0 Å². The predicted molar refractivity (Wildman–Crippen MR) is 149 cm³/mol. The maximum Gasteiger partial charge on any atom is 0.146 e. The van der Waals surface area contributed by atoms with E-state index >= 15 is 0 Å². The second-order valence-corrected chi connectivity index (χ2v) is 10.6. The lowest BCUT2D eigenvalue weighted by Gasteiger charge is -2.41. The standard InChI is InChI=1S/C30H36N6O/c1-21-18-22(8-13-27(21)37-25-6-4-3-5-7-25)26-19-36(30-28(26)29(31)32-20-33-30)24-11-9-23(10-12-24)35-16-14-34(2)15-17-35/h3-8,13,18-20,23-24H,9-12,14-17H2,1-2H3,(H2,31,32,33)/t23-,24-. The number of nitrogens with zero attached hydrogens (tertiary/aromatic N) is 5. The van der Waals surface area contributed by atoms with Crippen LogP contribution in [0.5, 0.6) is 11.5 Å². The topological polar surface area (TPSA) is 72.4 Å². The highest BCUT2D eigenvalue weighted by atomic mass is 16.5. The number of hydrogen-bond donors (Lipinski definition) is 1. The number of nitrogen functional groups attached to an aromatic ring is 1. The molecule has 1 saturated heterocycles. The van der Waals surface area contributed by atoms with Crippen LogP contribution >= 0.6 is 0 Å². The fourth-order valence-corrected chi connectivity index (χ4v) is 6.04. The summed E-state index contributed by atoms with van der Waals surface area (Å²) in [6, 6.07) is 17.3. The number of piperazine rings is 1. The molecule has 0 bridgehead atoms. The Morgan fingerprint density at radius 2 is 1.62 bits per heavy atom. The van der Waals surface area contributed by atoms with Gasteiger partial charge in [-0.05, 0) is 75.0 Å². The molecule has 3 heterocycles. The molecule has 2 aromatic carbocycles. The lowest BCUT2D eigenvalue weighted by Crippen LogP contribution is -2.49. The van der Waals surface area contributed by atoms with Crippen LogP contribution in [-0.2, 0) is 0 Å². The van der Waals surface area contributed by atoms with E-state index in [0.717, 1.165) is 52.1 Å². The molecule has 37 heavy (non-hydrogen) atoms. The molecule has 1 aliphatic heterocycles. The fraction of sp³-hybridized carbons (Fsp3) is 0.400. The summed E-state index contributed by atoms with van der Waals surface area (Å²) in [5.74, 6) is 2.22. The zero-order chi connectivity index (χ0) is 25.4. The van der Waals surface area contributed by atoms with Gasteiger partial charge in [-0.2, -0.15) is 0 Å². The zero-order valence-corrected chi connectivity index (χ0v) is 21.8. The summed E-state index contributed by atoms with van der Waals surface area (Å²) < 4.78 is 8.48. The fourth-order valence-electron chi connectivity index (χ4n) is 6.04. The van der Waals surface area contributed by atoms with Crippen molar-refractivity contribution in [2.45, 2.75) is 44.7 Å². The first-order valence-electron chi connectivity index (χ1n) is 13.4. The van der Waals surface area contributed by atoms with Gasteiger partial charge in [0.15, 0.2) is 0 Å². The number of benzene rings is 2. The number of rotatable bonds is 5. The maximum absolute atomic E-state index is 6.44. The quantitative estimate of drug-likeness (QED) is 0.393. The highest BCUT2D eigenvalue weighted by Gasteiger charge is 2.30. The van der Waals surface area contributed by atoms with Gasteiger partial charge in [-0.25, -0.2) is 9.97 Å². The smallest absolute Gasteiger partial charge is 0.146 e. The van der Waals surface area contributed by atoms with Crippen LogP contribution in [0.3, 0.4) is 0 Å². The van der Waals surface area contributed by atoms with E-state index in [1.54, 1.807) is 6.33 Å². The van der Waals surface area contributed by atoms with Gasteiger partial charge in [-0.1, -0.05) is 24.3 Å². The van der Waals surface area contributed by atoms with Gasteiger partial charge < -0.3 is 19.9 Å². The Kier molecular flexibility index (Phi) is 6.57. The monoisotopic (exact) mass is 496 g/mol. The van der Waals surface area contributed by atoms with E-state index in [1.165, 1.54) is 39.0 Å². The molecule has 4 aromatic rings. The Hall–Kier alpha value is -3.42. The molecule has 2 fully saturated rings. The van der Waals surface area contributed by atoms with Crippen LogP contribution in [0.1, 0.15) is 37.3 Å². The molecular formula is C30H36N6O. The SMILES string of the molecule is Cc1cc(-c2cn([C@H]3CC[C@H](N4CCN(C)CC4)CC3)c3ncnc(N)c23)ccc1Oc1ccccc1. The second-order valence-electron chi connectivity index (χ2n) is 10.6. The van der Waals surface area contributed by atoms with Gasteiger partial charge in [-0.3, -0.25) is 4.90 Å². The minimum absolute atomic E-state index is 0.427. The van der Waals surface area contributed by atoms with Crippen molar-refractivity contribution in [3.63, 3.8) is 0 Å². The number of para-hydroxylation sites is 1. The third-order valence-electron chi connectivity index (χ3n) is 8.21. The normalized spacial score (nSPS) is 21.4. The van der Waals surface area contributed by atoms with E-state index in [-0.39, 0.29) is 0 Å². The summed E-state index contributed by atoms with van der Waals surface area (Å²) >= 11 is 0. The number of likely N-dealkylation sites (N-methyl/N-ethyl adjacent to an activating group) is 1. The van der Waals surface area contributed by atoms with Crippen molar-refractivity contribution in [2.24, 2.45) is 0 Å². The molecule has 2 N–H and O–H groups in total. The summed E-state index contributed by atoms with van der Waals surface area (Å²) in [4.78, 5) is 14.2. The van der Waals surface area contributed by atoms with Crippen molar-refractivity contribution in [1.82, 2.24) is 24.3 Å². The van der Waals surface area contributed by atoms with E-state index in [9.17, 15) is 0 Å². The van der Waals surface area contributed by atoms with Gasteiger partial charge in [0.05, 0.1) is 5.39 Å². The Bertz CT molecular complexity index is 1370. The third kappa shape index (κ3) is 4.81. The second kappa shape index (κ2) is 10.1. The number of anilines is 1. The molecular weight excluding hydrogens is 460 g/mol. The van der Waals surface area contributed by atoms with Crippen molar-refractivity contribution in [3.05, 3.63) is 66.6 Å². The summed E-state index contributed by atoms with van der Waals surface area (Å²) in [5, 5.41) is 0.944. The Morgan fingerprint density at radius 3 is 2.35 bits per heavy atom. The van der Waals surface area contributed by atoms with E-state index in [0.29, 0.717) is 17.9 Å². The molecule has 6 rings (SSSR count). The number of hydrogen-bond acceptors (Lipinski definition) is 6. The van der Waals surface area contributed by atoms with Gasteiger partial charge in [0, 0.05) is 50.0 Å². The Morgan fingerprint density at radius 1 is 0.892 bits per heavy atom. The Balaban J connectivity index is 1.26. The zero-order valence-electron chi connectivity index (χ0n) is 21.8. The summed E-state index contributed by atoms with van der Waals surface area (Å²) in [6.07, 6.45) is 8.63. The van der Waals surface area contributed by atoms with Crippen LogP contribution in [-0.4, -0.2) is 63.6 Å². The van der Waals surface area contributed by atoms with Crippen molar-refractivity contribution < 1.29 is 4.74 Å². The number of aromatic nitrogens is 3. The maximum atomic E-state index is 6.44. The molecule has 0 amide bonds. The van der Waals surface area contributed by atoms with E-state index in [2.05, 4.69) is 51.7 Å². The predicted octanol–water partition coefficient (Wildman–Crippen LogP) is 5.51. The van der Waals surface area contributed by atoms with Gasteiger partial charge in [0.2, 0.25) is 0 Å².